The molecule has 0 heterocycles. The van der Waals surface area contributed by atoms with Crippen LogP contribution >= 0.6 is 0 Å². The summed E-state index contributed by atoms with van der Waals surface area (Å²) in [7, 11) is 0. The molecule has 3 nitrogen and oxygen atoms in total. The van der Waals surface area contributed by atoms with Gasteiger partial charge in [0.2, 0.25) is 0 Å². The van der Waals surface area contributed by atoms with Gasteiger partial charge in [-0.2, -0.15) is 0 Å². The van der Waals surface area contributed by atoms with E-state index in [1.54, 1.807) is 0 Å². The smallest absolute Gasteiger partial charge is 0.142 e. The zero-order valence-corrected chi connectivity index (χ0v) is 3.81. The van der Waals surface area contributed by atoms with E-state index in [9.17, 15) is 5.11 Å². The second-order valence-corrected chi connectivity index (χ2v) is 0.887. The minimum atomic E-state index is -1.01. The van der Waals surface area contributed by atoms with Gasteiger partial charge in [0.25, 0.3) is 0 Å². The third-order valence-corrected chi connectivity index (χ3v) is 0.332. The Bertz CT molecular complexity index is 79.8. The molecule has 1 N–H and O–H groups in total. The van der Waals surface area contributed by atoms with Crippen molar-refractivity contribution in [2.75, 3.05) is 6.61 Å². The molecule has 40 valence electrons. The summed E-state index contributed by atoms with van der Waals surface area (Å²) in [5.41, 5.74) is 0. The third-order valence-electron chi connectivity index (χ3n) is 0.332. The van der Waals surface area contributed by atoms with Gasteiger partial charge < -0.3 is 9.84 Å². The Morgan fingerprint density at radius 3 is 2.71 bits per heavy atom. The maximum Gasteiger partial charge on any atom is 0.142 e. The zero-order valence-electron chi connectivity index (χ0n) is 3.81. The van der Waals surface area contributed by atoms with E-state index >= 15 is 0 Å². The summed E-state index contributed by atoms with van der Waals surface area (Å²) >= 11 is 0. The van der Waals surface area contributed by atoms with Gasteiger partial charge in [0, 0.05) is 6.61 Å². The minimum Gasteiger partial charge on any atom is -0.597 e. The average Bonchev–Trinajstić information content (AvgIpc) is 1.61. The Labute approximate surface area is 41.7 Å². The van der Waals surface area contributed by atoms with Gasteiger partial charge in [0.15, 0.2) is 0 Å². The molecule has 3 heteroatoms. The summed E-state index contributed by atoms with van der Waals surface area (Å²) in [6, 6.07) is 0. The van der Waals surface area contributed by atoms with Crippen LogP contribution in [0.5, 0.6) is 0 Å². The van der Waals surface area contributed by atoms with E-state index in [0.29, 0.717) is 0 Å². The lowest BCUT2D eigenvalue weighted by atomic mass is 10.7. The van der Waals surface area contributed by atoms with Gasteiger partial charge in [-0.3, -0.25) is 5.41 Å². The first-order valence-corrected chi connectivity index (χ1v) is 1.76. The molecule has 0 aromatic carbocycles. The van der Waals surface area contributed by atoms with Crippen LogP contribution < -0.4 is 5.11 Å². The Morgan fingerprint density at radius 1 is 2.00 bits per heavy atom. The first kappa shape index (κ1) is 6.01. The summed E-state index contributed by atoms with van der Waals surface area (Å²) < 4.78 is 4.10. The van der Waals surface area contributed by atoms with Crippen LogP contribution in [0.15, 0.2) is 12.7 Å². The largest absolute Gasteiger partial charge is 0.597 e. The fraction of sp³-hybridized carbons (Fsp3) is 0.250. The predicted molar refractivity (Wildman–Crippen MR) is 23.9 cm³/mol. The molecule has 0 spiro atoms. The fourth-order valence-corrected chi connectivity index (χ4v) is 0.135. The Kier molecular flexibility index (Phi) is 2.76. The van der Waals surface area contributed by atoms with Crippen LogP contribution in [0.3, 0.4) is 0 Å². The fourth-order valence-electron chi connectivity index (χ4n) is 0.135. The predicted octanol–water partition coefficient (Wildman–Crippen LogP) is -0.516. The second kappa shape index (κ2) is 3.21. The Balaban J connectivity index is 2.97. The van der Waals surface area contributed by atoms with Gasteiger partial charge in [-0.25, -0.2) is 0 Å². The highest BCUT2D eigenvalue weighted by Crippen LogP contribution is 1.68. The van der Waals surface area contributed by atoms with E-state index in [2.05, 4.69) is 11.3 Å². The van der Waals surface area contributed by atoms with Crippen molar-refractivity contribution < 1.29 is 9.84 Å². The molecule has 0 bridgehead atoms. The molecular formula is C4H6NO2-. The number of ether oxygens (including phenoxy) is 1. The van der Waals surface area contributed by atoms with Gasteiger partial charge in [-0.05, 0) is 0 Å². The lowest BCUT2D eigenvalue weighted by Gasteiger charge is -2.06. The van der Waals surface area contributed by atoms with Crippen LogP contribution in [0.1, 0.15) is 0 Å². The summed E-state index contributed by atoms with van der Waals surface area (Å²) in [6.45, 7) is 3.40. The van der Waals surface area contributed by atoms with Crippen molar-refractivity contribution in [3.63, 3.8) is 0 Å². The normalized spacial score (nSPS) is 7.43. The van der Waals surface area contributed by atoms with E-state index in [-0.39, 0.29) is 6.61 Å². The number of nitrogens with one attached hydrogen (secondary N) is 1. The molecule has 0 aromatic heterocycles. The lowest BCUT2D eigenvalue weighted by Crippen LogP contribution is -2.19. The molecular weight excluding hydrogens is 94.0 g/mol. The molecule has 0 amide bonds. The van der Waals surface area contributed by atoms with Crippen molar-refractivity contribution in [1.29, 1.82) is 5.41 Å². The van der Waals surface area contributed by atoms with Gasteiger partial charge in [0.05, 0.1) is 0 Å². The molecule has 0 rings (SSSR count). The van der Waals surface area contributed by atoms with Gasteiger partial charge in [-0.1, -0.05) is 6.08 Å². The molecule has 0 aromatic rings. The number of hydrogen-bond donors (Lipinski definition) is 1. The Hall–Kier alpha value is -0.990. The first-order valence-electron chi connectivity index (χ1n) is 1.76. The SMILES string of the molecule is C=CCOC(=N)[O-]. The topological polar surface area (TPSA) is 56.1 Å². The average molecular weight is 100 g/mol. The van der Waals surface area contributed by atoms with E-state index in [1.165, 1.54) is 6.08 Å². The van der Waals surface area contributed by atoms with Crippen molar-refractivity contribution >= 4 is 6.08 Å². The molecule has 0 fully saturated rings. The Morgan fingerprint density at radius 2 is 2.57 bits per heavy atom. The maximum atomic E-state index is 9.60. The zero-order chi connectivity index (χ0) is 5.70. The molecule has 0 aliphatic carbocycles. The summed E-state index contributed by atoms with van der Waals surface area (Å²) in [4.78, 5) is 0. The van der Waals surface area contributed by atoms with Crippen LogP contribution in [0.25, 0.3) is 0 Å². The van der Waals surface area contributed by atoms with Gasteiger partial charge >= 0.3 is 0 Å². The number of hydrogen-bond acceptors (Lipinski definition) is 3. The van der Waals surface area contributed by atoms with Crippen molar-refractivity contribution in [2.45, 2.75) is 0 Å². The van der Waals surface area contributed by atoms with Crippen LogP contribution in [-0.4, -0.2) is 12.7 Å². The molecule has 0 aliphatic rings. The minimum absolute atomic E-state index is 0.127. The van der Waals surface area contributed by atoms with E-state index in [4.69, 9.17) is 5.41 Å². The second-order valence-electron chi connectivity index (χ2n) is 0.887. The summed E-state index contributed by atoms with van der Waals surface area (Å²) in [5.74, 6) is 0. The van der Waals surface area contributed by atoms with Gasteiger partial charge in [0.1, 0.15) is 6.08 Å². The van der Waals surface area contributed by atoms with Crippen molar-refractivity contribution in [2.24, 2.45) is 0 Å². The van der Waals surface area contributed by atoms with Crippen LogP contribution in [0.2, 0.25) is 0 Å². The van der Waals surface area contributed by atoms with Crippen molar-refractivity contribution in [3.05, 3.63) is 12.7 Å². The van der Waals surface area contributed by atoms with Crippen LogP contribution in [-0.2, 0) is 4.74 Å². The monoisotopic (exact) mass is 100 g/mol. The van der Waals surface area contributed by atoms with E-state index in [1.807, 2.05) is 0 Å². The maximum absolute atomic E-state index is 9.60. The summed E-state index contributed by atoms with van der Waals surface area (Å²) in [5, 5.41) is 15.8. The van der Waals surface area contributed by atoms with Crippen molar-refractivity contribution in [1.82, 2.24) is 0 Å². The molecule has 0 unspecified atom stereocenters. The van der Waals surface area contributed by atoms with Crippen LogP contribution in [0.4, 0.5) is 0 Å². The molecule has 0 radical (unpaired) electrons. The third kappa shape index (κ3) is 5.01. The molecule has 0 aliphatic heterocycles. The molecule has 0 saturated heterocycles. The molecule has 0 atom stereocenters. The lowest BCUT2D eigenvalue weighted by molar-refractivity contribution is -0.251. The highest BCUT2D eigenvalue weighted by atomic mass is 16.6. The molecule has 7 heavy (non-hydrogen) atoms. The molecule has 0 saturated carbocycles. The number of rotatable bonds is 2. The van der Waals surface area contributed by atoms with E-state index in [0.717, 1.165) is 0 Å². The highest BCUT2D eigenvalue weighted by molar-refractivity contribution is 5.57. The van der Waals surface area contributed by atoms with Crippen molar-refractivity contribution in [3.8, 4) is 0 Å². The van der Waals surface area contributed by atoms with E-state index < -0.39 is 6.08 Å². The highest BCUT2D eigenvalue weighted by Gasteiger charge is 1.67. The van der Waals surface area contributed by atoms with Gasteiger partial charge in [-0.15, -0.1) is 6.58 Å². The summed E-state index contributed by atoms with van der Waals surface area (Å²) in [6.07, 6.45) is 0.395. The quantitative estimate of drug-likeness (QED) is 0.288. The van der Waals surface area contributed by atoms with Crippen LogP contribution in [0, 0.1) is 5.41 Å². The first-order chi connectivity index (χ1) is 3.27. The standard InChI is InChI=1S/C4H7NO2/c1-2-3-7-4(5)6/h2H,1,3H2,(H2,5,6)/p-1.